The van der Waals surface area contributed by atoms with Crippen LogP contribution in [0.4, 0.5) is 4.79 Å². The van der Waals surface area contributed by atoms with Gasteiger partial charge in [-0.05, 0) is 12.8 Å². The lowest BCUT2D eigenvalue weighted by atomic mass is 10.2. The third-order valence-electron chi connectivity index (χ3n) is 3.88. The number of carboxylic acids is 1. The second-order valence-electron chi connectivity index (χ2n) is 5.34. The number of hydrogen-bond acceptors (Lipinski definition) is 3. The van der Waals surface area contributed by atoms with Crippen LogP contribution in [-0.4, -0.2) is 77.6 Å². The molecule has 19 heavy (non-hydrogen) atoms. The second kappa shape index (κ2) is 6.75. The van der Waals surface area contributed by atoms with E-state index in [2.05, 4.69) is 0 Å². The van der Waals surface area contributed by atoms with Crippen molar-refractivity contribution in [2.24, 2.45) is 0 Å². The Labute approximate surface area is 114 Å². The molecule has 0 aromatic carbocycles. The molecule has 2 fully saturated rings. The Morgan fingerprint density at radius 3 is 1.84 bits per heavy atom. The zero-order chi connectivity index (χ0) is 13.7. The van der Waals surface area contributed by atoms with Crippen LogP contribution in [0.1, 0.15) is 25.7 Å². The molecule has 0 radical (unpaired) electrons. The molecule has 1 N–H and O–H groups in total. The van der Waals surface area contributed by atoms with Gasteiger partial charge in [0.25, 0.3) is 0 Å². The minimum Gasteiger partial charge on any atom is -0.480 e. The molecule has 0 aliphatic carbocycles. The molecule has 2 heterocycles. The summed E-state index contributed by atoms with van der Waals surface area (Å²) in [4.78, 5) is 28.7. The molecule has 0 unspecified atom stereocenters. The maximum Gasteiger partial charge on any atom is 0.320 e. The highest BCUT2D eigenvalue weighted by Gasteiger charge is 2.26. The van der Waals surface area contributed by atoms with E-state index in [0.717, 1.165) is 25.9 Å². The van der Waals surface area contributed by atoms with E-state index >= 15 is 0 Å². The summed E-state index contributed by atoms with van der Waals surface area (Å²) >= 11 is 0. The van der Waals surface area contributed by atoms with Crippen LogP contribution in [-0.2, 0) is 4.79 Å². The summed E-state index contributed by atoms with van der Waals surface area (Å²) in [6, 6.07) is 0.136. The molecular formula is C13H23N3O3. The summed E-state index contributed by atoms with van der Waals surface area (Å²) in [5, 5.41) is 8.75. The number of rotatable bonds is 2. The smallest absolute Gasteiger partial charge is 0.320 e. The van der Waals surface area contributed by atoms with Crippen LogP contribution < -0.4 is 0 Å². The Hall–Kier alpha value is -1.30. The molecule has 0 aromatic rings. The van der Waals surface area contributed by atoms with E-state index in [1.807, 2.05) is 14.7 Å². The number of carbonyl (C=O) groups excluding carboxylic acids is 1. The lowest BCUT2D eigenvalue weighted by Crippen LogP contribution is -2.53. The van der Waals surface area contributed by atoms with Crippen LogP contribution in [0.15, 0.2) is 0 Å². The molecule has 0 aromatic heterocycles. The third-order valence-corrected chi connectivity index (χ3v) is 3.88. The molecule has 2 rings (SSSR count). The van der Waals surface area contributed by atoms with E-state index < -0.39 is 5.97 Å². The van der Waals surface area contributed by atoms with E-state index in [1.165, 1.54) is 12.8 Å². The molecule has 0 saturated carbocycles. The summed E-state index contributed by atoms with van der Waals surface area (Å²) in [7, 11) is 0. The molecular weight excluding hydrogens is 246 g/mol. The van der Waals surface area contributed by atoms with Gasteiger partial charge in [-0.15, -0.1) is 0 Å². The first-order valence-corrected chi connectivity index (χ1v) is 7.15. The van der Waals surface area contributed by atoms with Gasteiger partial charge < -0.3 is 14.9 Å². The first-order chi connectivity index (χ1) is 9.16. The Bertz CT molecular complexity index is 319. The van der Waals surface area contributed by atoms with Crippen molar-refractivity contribution in [2.45, 2.75) is 25.7 Å². The van der Waals surface area contributed by atoms with Gasteiger partial charge in [-0.1, -0.05) is 12.8 Å². The van der Waals surface area contributed by atoms with Crippen LogP contribution in [0.2, 0.25) is 0 Å². The maximum absolute atomic E-state index is 12.4. The van der Waals surface area contributed by atoms with Crippen LogP contribution in [0.5, 0.6) is 0 Å². The Morgan fingerprint density at radius 1 is 0.789 bits per heavy atom. The average Bonchev–Trinajstić information content (AvgIpc) is 2.67. The van der Waals surface area contributed by atoms with Crippen LogP contribution in [0.25, 0.3) is 0 Å². The van der Waals surface area contributed by atoms with Crippen molar-refractivity contribution in [1.29, 1.82) is 0 Å². The van der Waals surface area contributed by atoms with Gasteiger partial charge in [0.05, 0.1) is 6.54 Å². The fraction of sp³-hybridized carbons (Fsp3) is 0.846. The number of aliphatic carboxylic acids is 1. The summed E-state index contributed by atoms with van der Waals surface area (Å²) < 4.78 is 0. The van der Waals surface area contributed by atoms with Crippen LogP contribution >= 0.6 is 0 Å². The summed E-state index contributed by atoms with van der Waals surface area (Å²) in [6.07, 6.45) is 4.64. The molecule has 2 amide bonds. The largest absolute Gasteiger partial charge is 0.480 e. The van der Waals surface area contributed by atoms with Crippen LogP contribution in [0, 0.1) is 0 Å². The molecule has 2 aliphatic heterocycles. The topological polar surface area (TPSA) is 64.1 Å². The van der Waals surface area contributed by atoms with Crippen molar-refractivity contribution in [1.82, 2.24) is 14.7 Å². The molecule has 0 spiro atoms. The van der Waals surface area contributed by atoms with Crippen molar-refractivity contribution < 1.29 is 14.7 Å². The van der Waals surface area contributed by atoms with E-state index in [9.17, 15) is 9.59 Å². The highest BCUT2D eigenvalue weighted by Crippen LogP contribution is 2.13. The van der Waals surface area contributed by atoms with Gasteiger partial charge in [0.1, 0.15) is 0 Å². The summed E-state index contributed by atoms with van der Waals surface area (Å²) in [5.74, 6) is -0.799. The quantitative estimate of drug-likeness (QED) is 0.801. The number of likely N-dealkylation sites (tertiary alicyclic amines) is 1. The monoisotopic (exact) mass is 269 g/mol. The SMILES string of the molecule is O=C(O)CN1CCN(C(=O)N2CCCCCC2)CC1. The number of urea groups is 1. The molecule has 2 aliphatic rings. The lowest BCUT2D eigenvalue weighted by Gasteiger charge is -2.36. The van der Waals surface area contributed by atoms with Crippen LogP contribution in [0.3, 0.4) is 0 Å². The van der Waals surface area contributed by atoms with E-state index in [1.54, 1.807) is 0 Å². The Morgan fingerprint density at radius 2 is 1.32 bits per heavy atom. The fourth-order valence-electron chi connectivity index (χ4n) is 2.75. The van der Waals surface area contributed by atoms with Gasteiger partial charge >= 0.3 is 12.0 Å². The number of hydrogen-bond donors (Lipinski definition) is 1. The third kappa shape index (κ3) is 4.09. The maximum atomic E-state index is 12.4. The fourth-order valence-corrected chi connectivity index (χ4v) is 2.75. The number of piperazine rings is 1. The van der Waals surface area contributed by atoms with Gasteiger partial charge in [0, 0.05) is 39.3 Å². The van der Waals surface area contributed by atoms with Gasteiger partial charge in [0.15, 0.2) is 0 Å². The van der Waals surface area contributed by atoms with Gasteiger partial charge in [-0.25, -0.2) is 4.79 Å². The lowest BCUT2D eigenvalue weighted by molar-refractivity contribution is -0.138. The number of nitrogens with zero attached hydrogens (tertiary/aromatic N) is 3. The first kappa shape index (κ1) is 14.1. The zero-order valence-electron chi connectivity index (χ0n) is 11.4. The molecule has 0 atom stereocenters. The number of carbonyl (C=O) groups is 2. The highest BCUT2D eigenvalue weighted by molar-refractivity contribution is 5.74. The molecule has 0 bridgehead atoms. The number of amides is 2. The average molecular weight is 269 g/mol. The standard InChI is InChI=1S/C13H23N3O3/c17-12(18)11-14-7-9-16(10-8-14)13(19)15-5-3-1-2-4-6-15/h1-11H2,(H,17,18). The van der Waals surface area contributed by atoms with Gasteiger partial charge in [-0.2, -0.15) is 0 Å². The highest BCUT2D eigenvalue weighted by atomic mass is 16.4. The summed E-state index contributed by atoms with van der Waals surface area (Å²) in [6.45, 7) is 4.41. The second-order valence-corrected chi connectivity index (χ2v) is 5.34. The minimum absolute atomic E-state index is 0.0751. The van der Waals surface area contributed by atoms with E-state index in [4.69, 9.17) is 5.11 Å². The zero-order valence-corrected chi connectivity index (χ0v) is 11.4. The van der Waals surface area contributed by atoms with Crippen molar-refractivity contribution >= 4 is 12.0 Å². The Balaban J connectivity index is 1.79. The normalized spacial score (nSPS) is 22.1. The van der Waals surface area contributed by atoms with Crippen molar-refractivity contribution in [3.63, 3.8) is 0 Å². The van der Waals surface area contributed by atoms with Crippen molar-refractivity contribution in [3.8, 4) is 0 Å². The molecule has 108 valence electrons. The number of carboxylic acid groups (broad SMARTS) is 1. The molecule has 2 saturated heterocycles. The Kier molecular flexibility index (Phi) is 5.01. The minimum atomic E-state index is -0.799. The predicted molar refractivity (Wildman–Crippen MR) is 71.1 cm³/mol. The van der Waals surface area contributed by atoms with E-state index in [0.29, 0.717) is 26.2 Å². The molecule has 6 nitrogen and oxygen atoms in total. The van der Waals surface area contributed by atoms with Gasteiger partial charge in [0.2, 0.25) is 0 Å². The van der Waals surface area contributed by atoms with Gasteiger partial charge in [-0.3, -0.25) is 9.69 Å². The summed E-state index contributed by atoms with van der Waals surface area (Å²) in [5.41, 5.74) is 0. The predicted octanol–water partition coefficient (Wildman–Crippen LogP) is 0.685. The first-order valence-electron chi connectivity index (χ1n) is 7.15. The molecule has 6 heteroatoms. The van der Waals surface area contributed by atoms with E-state index in [-0.39, 0.29) is 12.6 Å². The van der Waals surface area contributed by atoms with Crippen molar-refractivity contribution in [2.75, 3.05) is 45.8 Å². The van der Waals surface area contributed by atoms with Crippen molar-refractivity contribution in [3.05, 3.63) is 0 Å².